The molecule has 0 saturated carbocycles. The maximum absolute atomic E-state index is 13.3. The molecule has 2 atom stereocenters. The van der Waals surface area contributed by atoms with Crippen LogP contribution in [0, 0.1) is 0 Å². The van der Waals surface area contributed by atoms with Gasteiger partial charge in [-0.05, 0) is 42.2 Å². The van der Waals surface area contributed by atoms with E-state index in [1.165, 1.54) is 7.11 Å². The Labute approximate surface area is 217 Å². The molecule has 2 aromatic rings. The van der Waals surface area contributed by atoms with E-state index in [0.717, 1.165) is 5.56 Å². The number of carbonyl (C=O) groups excluding carboxylic acids is 1. The molecule has 0 radical (unpaired) electrons. The van der Waals surface area contributed by atoms with Crippen LogP contribution in [-0.2, 0) is 33.2 Å². The van der Waals surface area contributed by atoms with Crippen LogP contribution in [0.5, 0.6) is 0 Å². The van der Waals surface area contributed by atoms with E-state index >= 15 is 0 Å². The Morgan fingerprint density at radius 2 is 1.65 bits per heavy atom. The number of nitrogens with zero attached hydrogens (tertiary/aromatic N) is 2. The Hall–Kier alpha value is -2.34. The van der Waals surface area contributed by atoms with Crippen molar-refractivity contribution in [3.8, 4) is 0 Å². The van der Waals surface area contributed by atoms with E-state index in [1.54, 1.807) is 4.90 Å². The van der Waals surface area contributed by atoms with E-state index < -0.39 is 36.2 Å². The average Bonchev–Trinajstić information content (AvgIpc) is 2.84. The Morgan fingerprint density at radius 1 is 1.03 bits per heavy atom. The lowest BCUT2D eigenvalue weighted by molar-refractivity contribution is -0.143. The van der Waals surface area contributed by atoms with E-state index in [1.807, 2.05) is 35.2 Å². The van der Waals surface area contributed by atoms with E-state index in [2.05, 4.69) is 0 Å². The molecule has 1 aliphatic heterocycles. The van der Waals surface area contributed by atoms with Crippen molar-refractivity contribution in [1.29, 1.82) is 0 Å². The number of alkyl halides is 6. The fraction of sp³-hybridized carbons (Fsp3) is 0.480. The largest absolute Gasteiger partial charge is 0.416 e. The second kappa shape index (κ2) is 13.5. The fourth-order valence-corrected chi connectivity index (χ4v) is 4.34. The van der Waals surface area contributed by atoms with Crippen molar-refractivity contribution < 1.29 is 40.6 Å². The number of benzene rings is 2. The lowest BCUT2D eigenvalue weighted by Gasteiger charge is -2.43. The molecule has 0 spiro atoms. The SMILES string of the molecule is COCCN(C=O)CN1CCC[C@@H](OCc2cc(C(F)(F)F)cc(C(F)(F)F)c2)[C@H]1c1ccccc1.Cl. The Kier molecular flexibility index (Phi) is 11.2. The van der Waals surface area contributed by atoms with Crippen LogP contribution in [0.4, 0.5) is 26.3 Å². The zero-order valence-electron chi connectivity index (χ0n) is 20.1. The third kappa shape index (κ3) is 8.59. The lowest BCUT2D eigenvalue weighted by atomic mass is 9.92. The summed E-state index contributed by atoms with van der Waals surface area (Å²) in [6.07, 6.45) is -8.41. The van der Waals surface area contributed by atoms with Crippen molar-refractivity contribution >= 4 is 18.8 Å². The molecule has 0 aromatic heterocycles. The van der Waals surface area contributed by atoms with Crippen LogP contribution < -0.4 is 0 Å². The molecule has 2 aromatic carbocycles. The number of carbonyl (C=O) groups is 1. The second-order valence-electron chi connectivity index (χ2n) is 8.63. The monoisotopic (exact) mass is 554 g/mol. The molecule has 3 rings (SSSR count). The number of piperidine rings is 1. The van der Waals surface area contributed by atoms with Crippen LogP contribution in [0.3, 0.4) is 0 Å². The summed E-state index contributed by atoms with van der Waals surface area (Å²) in [5.41, 5.74) is -2.09. The van der Waals surface area contributed by atoms with Gasteiger partial charge >= 0.3 is 12.4 Å². The van der Waals surface area contributed by atoms with Gasteiger partial charge in [0, 0.05) is 20.2 Å². The summed E-state index contributed by atoms with van der Waals surface area (Å²) in [5.74, 6) is 0. The van der Waals surface area contributed by atoms with Crippen molar-refractivity contribution in [2.45, 2.75) is 43.9 Å². The molecule has 0 aliphatic carbocycles. The smallest absolute Gasteiger partial charge is 0.383 e. The zero-order valence-corrected chi connectivity index (χ0v) is 20.9. The van der Waals surface area contributed by atoms with Gasteiger partial charge < -0.3 is 14.4 Å². The summed E-state index contributed by atoms with van der Waals surface area (Å²) in [4.78, 5) is 15.1. The number of amides is 1. The van der Waals surface area contributed by atoms with Crippen molar-refractivity contribution in [1.82, 2.24) is 9.80 Å². The van der Waals surface area contributed by atoms with Gasteiger partial charge in [0.25, 0.3) is 0 Å². The summed E-state index contributed by atoms with van der Waals surface area (Å²) in [6, 6.07) is 10.4. The number of rotatable bonds is 10. The van der Waals surface area contributed by atoms with Gasteiger partial charge in [0.15, 0.2) is 0 Å². The van der Waals surface area contributed by atoms with Crippen molar-refractivity contribution in [2.75, 3.05) is 33.5 Å². The van der Waals surface area contributed by atoms with Gasteiger partial charge in [-0.15, -0.1) is 12.4 Å². The third-order valence-electron chi connectivity index (χ3n) is 6.03. The summed E-state index contributed by atoms with van der Waals surface area (Å²) in [7, 11) is 1.53. The molecule has 1 fully saturated rings. The molecule has 12 heteroatoms. The molecular formula is C25H29ClF6N2O3. The van der Waals surface area contributed by atoms with Gasteiger partial charge in [-0.3, -0.25) is 9.69 Å². The van der Waals surface area contributed by atoms with Gasteiger partial charge in [-0.2, -0.15) is 26.3 Å². The number of hydrogen-bond donors (Lipinski definition) is 0. The number of likely N-dealkylation sites (tertiary alicyclic amines) is 1. The maximum atomic E-state index is 13.3. The van der Waals surface area contributed by atoms with Crippen LogP contribution in [-0.4, -0.2) is 55.8 Å². The molecule has 37 heavy (non-hydrogen) atoms. The highest BCUT2D eigenvalue weighted by Crippen LogP contribution is 2.38. The molecule has 0 unspecified atom stereocenters. The number of methoxy groups -OCH3 is 1. The van der Waals surface area contributed by atoms with Gasteiger partial charge in [0.1, 0.15) is 0 Å². The number of halogens is 7. The zero-order chi connectivity index (χ0) is 26.3. The first-order valence-corrected chi connectivity index (χ1v) is 11.4. The molecule has 0 bridgehead atoms. The molecule has 1 amide bonds. The van der Waals surface area contributed by atoms with Gasteiger partial charge in [-0.1, -0.05) is 30.3 Å². The van der Waals surface area contributed by atoms with Crippen molar-refractivity contribution in [3.05, 3.63) is 70.8 Å². The van der Waals surface area contributed by atoms with E-state index in [0.29, 0.717) is 51.1 Å². The van der Waals surface area contributed by atoms with Crippen LogP contribution in [0.1, 0.15) is 41.1 Å². The van der Waals surface area contributed by atoms with E-state index in [4.69, 9.17) is 9.47 Å². The topological polar surface area (TPSA) is 42.0 Å². The summed E-state index contributed by atoms with van der Waals surface area (Å²) >= 11 is 0. The number of ether oxygens (including phenoxy) is 2. The Morgan fingerprint density at radius 3 is 2.19 bits per heavy atom. The second-order valence-corrected chi connectivity index (χ2v) is 8.63. The molecule has 206 valence electrons. The summed E-state index contributed by atoms with van der Waals surface area (Å²) < 4.78 is 90.6. The Bertz CT molecular complexity index is 958. The van der Waals surface area contributed by atoms with E-state index in [9.17, 15) is 31.1 Å². The highest BCUT2D eigenvalue weighted by Gasteiger charge is 2.38. The molecule has 1 aliphatic rings. The molecular weight excluding hydrogens is 526 g/mol. The minimum absolute atomic E-state index is 0. The third-order valence-corrected chi connectivity index (χ3v) is 6.03. The van der Waals surface area contributed by atoms with Crippen LogP contribution in [0.2, 0.25) is 0 Å². The minimum Gasteiger partial charge on any atom is -0.383 e. The van der Waals surface area contributed by atoms with Crippen LogP contribution >= 0.6 is 12.4 Å². The first kappa shape index (κ1) is 30.9. The maximum Gasteiger partial charge on any atom is 0.416 e. The standard InChI is InChI=1S/C25H28F6N2O3.ClH/c1-35-11-10-32(17-34)16-33-9-5-8-22(23(33)19-6-3-2-4-7-19)36-15-18-12-20(24(26,27)28)14-21(13-18)25(29,30)31;/h2-4,6-7,12-14,17,22-23H,5,8-11,15-16H2,1H3;1H/t22-,23-;/m1./s1. The predicted molar refractivity (Wildman–Crippen MR) is 127 cm³/mol. The predicted octanol–water partition coefficient (Wildman–Crippen LogP) is 5.93. The molecule has 5 nitrogen and oxygen atoms in total. The highest BCUT2D eigenvalue weighted by molar-refractivity contribution is 5.85. The van der Waals surface area contributed by atoms with Gasteiger partial charge in [0.05, 0.1) is 43.2 Å². The highest BCUT2D eigenvalue weighted by atomic mass is 35.5. The first-order chi connectivity index (χ1) is 17.0. The fourth-order valence-electron chi connectivity index (χ4n) is 4.34. The number of hydrogen-bond acceptors (Lipinski definition) is 4. The van der Waals surface area contributed by atoms with Gasteiger partial charge in [-0.25, -0.2) is 0 Å². The normalized spacial score (nSPS) is 18.8. The first-order valence-electron chi connectivity index (χ1n) is 11.4. The van der Waals surface area contributed by atoms with Crippen LogP contribution in [0.25, 0.3) is 0 Å². The molecule has 1 saturated heterocycles. The van der Waals surface area contributed by atoms with Crippen molar-refractivity contribution in [2.24, 2.45) is 0 Å². The Balaban J connectivity index is 0.00000481. The van der Waals surface area contributed by atoms with Crippen molar-refractivity contribution in [3.63, 3.8) is 0 Å². The molecule has 1 heterocycles. The van der Waals surface area contributed by atoms with Crippen LogP contribution in [0.15, 0.2) is 48.5 Å². The van der Waals surface area contributed by atoms with Gasteiger partial charge in [0.2, 0.25) is 6.41 Å². The summed E-state index contributed by atoms with van der Waals surface area (Å²) in [6.45, 7) is 1.20. The summed E-state index contributed by atoms with van der Waals surface area (Å²) in [5, 5.41) is 0. The molecule has 0 N–H and O–H groups in total. The minimum atomic E-state index is -4.93. The lowest BCUT2D eigenvalue weighted by Crippen LogP contribution is -2.48. The average molecular weight is 555 g/mol. The van der Waals surface area contributed by atoms with E-state index in [-0.39, 0.29) is 36.7 Å². The quantitative estimate of drug-likeness (QED) is 0.270.